The number of thiophene rings is 1. The SMILES string of the molecule is COc1ccc(NCc2cc(C#N)cs2)cc1[N+](=O)[O-]. The molecule has 20 heavy (non-hydrogen) atoms. The van der Waals surface area contributed by atoms with Crippen LogP contribution in [0.1, 0.15) is 10.4 Å². The maximum absolute atomic E-state index is 10.9. The maximum atomic E-state index is 10.9. The lowest BCUT2D eigenvalue weighted by Gasteiger charge is -2.07. The van der Waals surface area contributed by atoms with Gasteiger partial charge in [-0.25, -0.2) is 0 Å². The van der Waals surface area contributed by atoms with Gasteiger partial charge in [-0.2, -0.15) is 5.26 Å². The van der Waals surface area contributed by atoms with Gasteiger partial charge in [0.2, 0.25) is 0 Å². The molecule has 0 saturated carbocycles. The molecule has 102 valence electrons. The molecule has 7 heteroatoms. The molecule has 0 aliphatic carbocycles. The predicted molar refractivity (Wildman–Crippen MR) is 76.0 cm³/mol. The molecule has 0 unspecified atom stereocenters. The minimum Gasteiger partial charge on any atom is -0.490 e. The molecule has 0 radical (unpaired) electrons. The second-order valence-electron chi connectivity index (χ2n) is 3.91. The molecule has 0 atom stereocenters. The largest absolute Gasteiger partial charge is 0.490 e. The van der Waals surface area contributed by atoms with Crippen LogP contribution in [-0.2, 0) is 6.54 Å². The molecular formula is C13H11N3O3S. The summed E-state index contributed by atoms with van der Waals surface area (Å²) in [4.78, 5) is 11.4. The average molecular weight is 289 g/mol. The van der Waals surface area contributed by atoms with Crippen LogP contribution in [0.2, 0.25) is 0 Å². The Hall–Kier alpha value is -2.59. The molecule has 0 bridgehead atoms. The Morgan fingerprint density at radius 1 is 1.50 bits per heavy atom. The second kappa shape index (κ2) is 6.04. The number of benzene rings is 1. The van der Waals surface area contributed by atoms with E-state index in [4.69, 9.17) is 10.00 Å². The van der Waals surface area contributed by atoms with Crippen molar-refractivity contribution in [3.05, 3.63) is 50.2 Å². The quantitative estimate of drug-likeness (QED) is 0.674. The molecule has 0 amide bonds. The first-order valence-corrected chi connectivity index (χ1v) is 6.56. The van der Waals surface area contributed by atoms with Crippen molar-refractivity contribution in [2.24, 2.45) is 0 Å². The van der Waals surface area contributed by atoms with Crippen LogP contribution in [0.3, 0.4) is 0 Å². The molecule has 0 aliphatic rings. The van der Waals surface area contributed by atoms with Gasteiger partial charge in [-0.3, -0.25) is 10.1 Å². The summed E-state index contributed by atoms with van der Waals surface area (Å²) < 4.78 is 4.94. The third-order valence-electron chi connectivity index (χ3n) is 2.63. The first-order valence-electron chi connectivity index (χ1n) is 5.68. The van der Waals surface area contributed by atoms with Crippen LogP contribution in [0.15, 0.2) is 29.6 Å². The second-order valence-corrected chi connectivity index (χ2v) is 4.91. The van der Waals surface area contributed by atoms with Crippen molar-refractivity contribution in [1.29, 1.82) is 5.26 Å². The number of anilines is 1. The summed E-state index contributed by atoms with van der Waals surface area (Å²) in [5, 5.41) is 24.5. The number of nitro groups is 1. The van der Waals surface area contributed by atoms with Crippen LogP contribution in [0.5, 0.6) is 5.75 Å². The van der Waals surface area contributed by atoms with Crippen LogP contribution in [0.4, 0.5) is 11.4 Å². The standard InChI is InChI=1S/C13H11N3O3S/c1-19-13-3-2-10(5-12(13)16(17)18)15-7-11-4-9(6-14)8-20-11/h2-5,8,15H,7H2,1H3. The Morgan fingerprint density at radius 3 is 2.90 bits per heavy atom. The van der Waals surface area contributed by atoms with Gasteiger partial charge >= 0.3 is 5.69 Å². The van der Waals surface area contributed by atoms with Gasteiger partial charge in [0, 0.05) is 28.6 Å². The smallest absolute Gasteiger partial charge is 0.312 e. The summed E-state index contributed by atoms with van der Waals surface area (Å²) in [5.74, 6) is 0.225. The van der Waals surface area contributed by atoms with E-state index in [2.05, 4.69) is 11.4 Å². The third kappa shape index (κ3) is 3.05. The zero-order valence-corrected chi connectivity index (χ0v) is 11.4. The van der Waals surface area contributed by atoms with Crippen LogP contribution in [-0.4, -0.2) is 12.0 Å². The molecule has 0 aliphatic heterocycles. The summed E-state index contributed by atoms with van der Waals surface area (Å²) >= 11 is 1.47. The van der Waals surface area contributed by atoms with Gasteiger partial charge in [-0.15, -0.1) is 11.3 Å². The van der Waals surface area contributed by atoms with E-state index in [9.17, 15) is 10.1 Å². The molecule has 0 saturated heterocycles. The van der Waals surface area contributed by atoms with Crippen LogP contribution in [0, 0.1) is 21.4 Å². The Kier molecular flexibility index (Phi) is 4.17. The van der Waals surface area contributed by atoms with E-state index in [1.165, 1.54) is 24.5 Å². The van der Waals surface area contributed by atoms with Crippen LogP contribution < -0.4 is 10.1 Å². The van der Waals surface area contributed by atoms with E-state index >= 15 is 0 Å². The Labute approximate surface area is 119 Å². The highest BCUT2D eigenvalue weighted by Gasteiger charge is 2.15. The molecule has 1 N–H and O–H groups in total. The lowest BCUT2D eigenvalue weighted by atomic mass is 10.2. The van der Waals surface area contributed by atoms with E-state index < -0.39 is 4.92 Å². The predicted octanol–water partition coefficient (Wildman–Crippen LogP) is 3.15. The summed E-state index contributed by atoms with van der Waals surface area (Å²) in [6.07, 6.45) is 0. The number of hydrogen-bond donors (Lipinski definition) is 1. The Balaban J connectivity index is 2.12. The van der Waals surface area contributed by atoms with Crippen LogP contribution >= 0.6 is 11.3 Å². The molecule has 1 heterocycles. The molecule has 2 aromatic rings. The third-order valence-corrected chi connectivity index (χ3v) is 3.56. The molecule has 0 fully saturated rings. The number of nitrogens with one attached hydrogen (secondary N) is 1. The lowest BCUT2D eigenvalue weighted by Crippen LogP contribution is -1.99. The van der Waals surface area contributed by atoms with Gasteiger partial charge < -0.3 is 10.1 Å². The zero-order chi connectivity index (χ0) is 14.5. The fourth-order valence-corrected chi connectivity index (χ4v) is 2.41. The molecule has 1 aromatic heterocycles. The van der Waals surface area contributed by atoms with Crippen molar-refractivity contribution in [3.8, 4) is 11.8 Å². The van der Waals surface area contributed by atoms with Gasteiger partial charge in [0.1, 0.15) is 6.07 Å². The van der Waals surface area contributed by atoms with E-state index in [1.807, 2.05) is 0 Å². The molecule has 1 aromatic carbocycles. The summed E-state index contributed by atoms with van der Waals surface area (Å²) in [5.41, 5.74) is 1.17. The van der Waals surface area contributed by atoms with Gasteiger partial charge in [-0.1, -0.05) is 0 Å². The number of hydrogen-bond acceptors (Lipinski definition) is 6. The van der Waals surface area contributed by atoms with Gasteiger partial charge in [-0.05, 0) is 18.2 Å². The van der Waals surface area contributed by atoms with Gasteiger partial charge in [0.25, 0.3) is 0 Å². The van der Waals surface area contributed by atoms with Crippen molar-refractivity contribution in [1.82, 2.24) is 0 Å². The number of nitro benzene ring substituents is 1. The maximum Gasteiger partial charge on any atom is 0.312 e. The van der Waals surface area contributed by atoms with E-state index in [1.54, 1.807) is 23.6 Å². The van der Waals surface area contributed by atoms with Crippen molar-refractivity contribution in [3.63, 3.8) is 0 Å². The summed E-state index contributed by atoms with van der Waals surface area (Å²) in [7, 11) is 1.39. The molecule has 2 rings (SSSR count). The minimum absolute atomic E-state index is 0.0820. The normalized spacial score (nSPS) is 9.80. The monoisotopic (exact) mass is 289 g/mol. The molecule has 6 nitrogen and oxygen atoms in total. The summed E-state index contributed by atoms with van der Waals surface area (Å²) in [6.45, 7) is 0.510. The van der Waals surface area contributed by atoms with Crippen molar-refractivity contribution in [2.45, 2.75) is 6.54 Å². The van der Waals surface area contributed by atoms with Crippen molar-refractivity contribution in [2.75, 3.05) is 12.4 Å². The fraction of sp³-hybridized carbons (Fsp3) is 0.154. The molecule has 0 spiro atoms. The van der Waals surface area contributed by atoms with Crippen molar-refractivity contribution < 1.29 is 9.66 Å². The van der Waals surface area contributed by atoms with E-state index in [0.717, 1.165) is 4.88 Å². The summed E-state index contributed by atoms with van der Waals surface area (Å²) in [6, 6.07) is 8.54. The minimum atomic E-state index is -0.483. The van der Waals surface area contributed by atoms with E-state index in [-0.39, 0.29) is 11.4 Å². The molecular weight excluding hydrogens is 278 g/mol. The number of ether oxygens (including phenoxy) is 1. The number of nitrogens with zero attached hydrogens (tertiary/aromatic N) is 2. The first-order chi connectivity index (χ1) is 9.63. The zero-order valence-electron chi connectivity index (χ0n) is 10.6. The Bertz CT molecular complexity index is 676. The fourth-order valence-electron chi connectivity index (χ4n) is 1.66. The van der Waals surface area contributed by atoms with Gasteiger partial charge in [0.15, 0.2) is 5.75 Å². The highest BCUT2D eigenvalue weighted by molar-refractivity contribution is 7.10. The number of methoxy groups -OCH3 is 1. The first kappa shape index (κ1) is 13.8. The highest BCUT2D eigenvalue weighted by Crippen LogP contribution is 2.30. The van der Waals surface area contributed by atoms with E-state index in [0.29, 0.717) is 17.8 Å². The van der Waals surface area contributed by atoms with Gasteiger partial charge in [0.05, 0.1) is 17.6 Å². The topological polar surface area (TPSA) is 88.2 Å². The number of rotatable bonds is 5. The average Bonchev–Trinajstić information content (AvgIpc) is 2.92. The highest BCUT2D eigenvalue weighted by atomic mass is 32.1. The Morgan fingerprint density at radius 2 is 2.30 bits per heavy atom. The number of nitriles is 1. The van der Waals surface area contributed by atoms with Crippen LogP contribution in [0.25, 0.3) is 0 Å². The van der Waals surface area contributed by atoms with Crippen molar-refractivity contribution >= 4 is 22.7 Å². The lowest BCUT2D eigenvalue weighted by molar-refractivity contribution is -0.385.